The Kier molecular flexibility index (Phi) is 4.55. The van der Waals surface area contributed by atoms with E-state index in [2.05, 4.69) is 11.4 Å². The molecule has 0 saturated heterocycles. The van der Waals surface area contributed by atoms with Gasteiger partial charge in [0, 0.05) is 5.25 Å². The van der Waals surface area contributed by atoms with Gasteiger partial charge < -0.3 is 10.4 Å². The predicted octanol–water partition coefficient (Wildman–Crippen LogP) is 2.61. The Balaban J connectivity index is 1.49. The van der Waals surface area contributed by atoms with Crippen LogP contribution >= 0.6 is 11.8 Å². The molecule has 21 heavy (non-hydrogen) atoms. The van der Waals surface area contributed by atoms with E-state index in [9.17, 15) is 9.90 Å². The van der Waals surface area contributed by atoms with Crippen molar-refractivity contribution in [3.8, 4) is 0 Å². The molecule has 1 aromatic carbocycles. The molecule has 1 aromatic rings. The van der Waals surface area contributed by atoms with Gasteiger partial charge in [-0.05, 0) is 36.8 Å². The van der Waals surface area contributed by atoms with E-state index in [0.717, 1.165) is 12.0 Å². The van der Waals surface area contributed by atoms with E-state index in [1.54, 1.807) is 11.8 Å². The van der Waals surface area contributed by atoms with E-state index < -0.39 is 5.60 Å². The molecule has 2 N–H and O–H groups in total. The molecule has 1 amide bonds. The summed E-state index contributed by atoms with van der Waals surface area (Å²) in [7, 11) is 0. The summed E-state index contributed by atoms with van der Waals surface area (Å²) in [6.45, 7) is 0.327. The van der Waals surface area contributed by atoms with Crippen LogP contribution in [0.15, 0.2) is 24.3 Å². The van der Waals surface area contributed by atoms with Crippen LogP contribution < -0.4 is 5.32 Å². The normalized spacial score (nSPS) is 25.0. The minimum Gasteiger partial charge on any atom is -0.383 e. The lowest BCUT2D eigenvalue weighted by Gasteiger charge is -2.24. The highest BCUT2D eigenvalue weighted by molar-refractivity contribution is 8.00. The van der Waals surface area contributed by atoms with E-state index in [-0.39, 0.29) is 5.91 Å². The number of hydrogen-bond acceptors (Lipinski definition) is 3. The Labute approximate surface area is 130 Å². The molecular weight excluding hydrogens is 282 g/mol. The highest BCUT2D eigenvalue weighted by atomic mass is 32.2. The van der Waals surface area contributed by atoms with E-state index in [4.69, 9.17) is 0 Å². The number of thioether (sulfide) groups is 1. The maximum atomic E-state index is 12.0. The molecule has 0 radical (unpaired) electrons. The molecule has 3 nitrogen and oxygen atoms in total. The molecule has 1 fully saturated rings. The van der Waals surface area contributed by atoms with Crippen LogP contribution in [-0.2, 0) is 16.8 Å². The lowest BCUT2D eigenvalue weighted by atomic mass is 9.96. The zero-order valence-electron chi connectivity index (χ0n) is 12.3. The molecule has 2 aliphatic carbocycles. The van der Waals surface area contributed by atoms with Crippen molar-refractivity contribution in [2.45, 2.75) is 49.4 Å². The highest BCUT2D eigenvalue weighted by Crippen LogP contribution is 2.36. The second-order valence-corrected chi connectivity index (χ2v) is 7.47. The fourth-order valence-electron chi connectivity index (χ4n) is 3.40. The second-order valence-electron chi connectivity index (χ2n) is 6.18. The number of benzene rings is 1. The molecule has 114 valence electrons. The number of carbonyl (C=O) groups excluding carboxylic acids is 1. The van der Waals surface area contributed by atoms with Crippen molar-refractivity contribution in [2.24, 2.45) is 0 Å². The van der Waals surface area contributed by atoms with Crippen LogP contribution in [0.5, 0.6) is 0 Å². The number of amides is 1. The average molecular weight is 305 g/mol. The third-order valence-electron chi connectivity index (χ3n) is 4.66. The quantitative estimate of drug-likeness (QED) is 0.879. The van der Waals surface area contributed by atoms with Crippen LogP contribution in [0.4, 0.5) is 0 Å². The first-order chi connectivity index (χ1) is 10.2. The Morgan fingerprint density at radius 2 is 2.10 bits per heavy atom. The summed E-state index contributed by atoms with van der Waals surface area (Å²) in [5, 5.41) is 14.3. The lowest BCUT2D eigenvalue weighted by Crippen LogP contribution is -2.40. The van der Waals surface area contributed by atoms with Gasteiger partial charge in [-0.15, -0.1) is 11.8 Å². The highest BCUT2D eigenvalue weighted by Gasteiger charge is 2.36. The molecule has 2 aliphatic rings. The zero-order chi connectivity index (χ0) is 14.7. The Bertz CT molecular complexity index is 513. The van der Waals surface area contributed by atoms with E-state index in [1.165, 1.54) is 31.2 Å². The topological polar surface area (TPSA) is 49.3 Å². The maximum Gasteiger partial charge on any atom is 0.230 e. The summed E-state index contributed by atoms with van der Waals surface area (Å²) < 4.78 is 0. The standard InChI is InChI=1S/C17H23NO2S/c19-16(11-21-14-6-2-3-7-14)18-12-17(20)10-9-13-5-1-4-8-15(13)17/h1,4-5,8,14,20H,2-3,6-7,9-12H2,(H,18,19)/t17-/m1/s1. The number of aryl methyl sites for hydroxylation is 1. The van der Waals surface area contributed by atoms with Gasteiger partial charge in [-0.25, -0.2) is 0 Å². The van der Waals surface area contributed by atoms with E-state index in [1.807, 2.05) is 18.2 Å². The molecule has 0 aliphatic heterocycles. The number of carbonyl (C=O) groups is 1. The van der Waals surface area contributed by atoms with Gasteiger partial charge in [0.05, 0.1) is 12.3 Å². The zero-order valence-corrected chi connectivity index (χ0v) is 13.1. The van der Waals surface area contributed by atoms with E-state index >= 15 is 0 Å². The molecule has 0 bridgehead atoms. The lowest BCUT2D eigenvalue weighted by molar-refractivity contribution is -0.119. The first kappa shape index (κ1) is 14.9. The van der Waals surface area contributed by atoms with Crippen LogP contribution in [0.1, 0.15) is 43.2 Å². The summed E-state index contributed by atoms with van der Waals surface area (Å²) >= 11 is 1.77. The van der Waals surface area contributed by atoms with Crippen molar-refractivity contribution in [1.82, 2.24) is 5.32 Å². The Morgan fingerprint density at radius 1 is 1.33 bits per heavy atom. The van der Waals surface area contributed by atoms with Crippen LogP contribution in [-0.4, -0.2) is 28.6 Å². The third-order valence-corrected chi connectivity index (χ3v) is 6.03. The fourth-order valence-corrected chi connectivity index (χ4v) is 4.55. The van der Waals surface area contributed by atoms with E-state index in [0.29, 0.717) is 24.0 Å². The van der Waals surface area contributed by atoms with Crippen molar-refractivity contribution in [3.63, 3.8) is 0 Å². The third kappa shape index (κ3) is 3.43. The molecular formula is C17H23NO2S. The van der Waals surface area contributed by atoms with Crippen LogP contribution in [0.3, 0.4) is 0 Å². The molecule has 1 saturated carbocycles. The molecule has 0 aromatic heterocycles. The number of rotatable bonds is 5. The molecule has 4 heteroatoms. The minimum atomic E-state index is -0.885. The SMILES string of the molecule is O=C(CSC1CCCC1)NC[C@]1(O)CCc2ccccc21. The van der Waals surface area contributed by atoms with Crippen molar-refractivity contribution in [3.05, 3.63) is 35.4 Å². The predicted molar refractivity (Wildman–Crippen MR) is 86.4 cm³/mol. The number of hydrogen-bond donors (Lipinski definition) is 2. The van der Waals surface area contributed by atoms with Gasteiger partial charge in [0.25, 0.3) is 0 Å². The number of fused-ring (bicyclic) bond motifs is 1. The summed E-state index contributed by atoms with van der Waals surface area (Å²) in [5.41, 5.74) is 1.30. The molecule has 3 rings (SSSR count). The van der Waals surface area contributed by atoms with Crippen molar-refractivity contribution in [2.75, 3.05) is 12.3 Å². The summed E-state index contributed by atoms with van der Waals surface area (Å²) in [6.07, 6.45) is 6.68. The maximum absolute atomic E-state index is 12.0. The largest absolute Gasteiger partial charge is 0.383 e. The van der Waals surface area contributed by atoms with Crippen LogP contribution in [0, 0.1) is 0 Å². The Morgan fingerprint density at radius 3 is 2.90 bits per heavy atom. The molecule has 1 atom stereocenters. The Hall–Kier alpha value is -1.00. The minimum absolute atomic E-state index is 0.0460. The monoisotopic (exact) mass is 305 g/mol. The van der Waals surface area contributed by atoms with Gasteiger partial charge in [-0.2, -0.15) is 0 Å². The summed E-state index contributed by atoms with van der Waals surface area (Å²) in [4.78, 5) is 12.0. The van der Waals surface area contributed by atoms with Gasteiger partial charge in [-0.3, -0.25) is 4.79 Å². The van der Waals surface area contributed by atoms with Crippen LogP contribution in [0.2, 0.25) is 0 Å². The fraction of sp³-hybridized carbons (Fsp3) is 0.588. The van der Waals surface area contributed by atoms with Crippen molar-refractivity contribution >= 4 is 17.7 Å². The van der Waals surface area contributed by atoms with Gasteiger partial charge in [-0.1, -0.05) is 37.1 Å². The number of nitrogens with one attached hydrogen (secondary N) is 1. The van der Waals surface area contributed by atoms with Crippen molar-refractivity contribution in [1.29, 1.82) is 0 Å². The van der Waals surface area contributed by atoms with Gasteiger partial charge in [0.15, 0.2) is 0 Å². The average Bonchev–Trinajstić information content (AvgIpc) is 3.13. The molecule has 0 spiro atoms. The van der Waals surface area contributed by atoms with Gasteiger partial charge >= 0.3 is 0 Å². The molecule has 0 unspecified atom stereocenters. The van der Waals surface area contributed by atoms with Gasteiger partial charge in [0.1, 0.15) is 5.60 Å². The summed E-state index contributed by atoms with van der Waals surface area (Å²) in [6, 6.07) is 7.99. The van der Waals surface area contributed by atoms with Gasteiger partial charge in [0.2, 0.25) is 5.91 Å². The first-order valence-corrected chi connectivity index (χ1v) is 8.91. The number of aliphatic hydroxyl groups is 1. The smallest absolute Gasteiger partial charge is 0.230 e. The second kappa shape index (κ2) is 6.41. The first-order valence-electron chi connectivity index (χ1n) is 7.86. The summed E-state index contributed by atoms with van der Waals surface area (Å²) in [5.74, 6) is 0.562. The molecule has 0 heterocycles. The van der Waals surface area contributed by atoms with Crippen LogP contribution in [0.25, 0.3) is 0 Å². The van der Waals surface area contributed by atoms with Crippen molar-refractivity contribution < 1.29 is 9.90 Å².